The van der Waals surface area contributed by atoms with E-state index in [9.17, 15) is 19.2 Å². The van der Waals surface area contributed by atoms with Crippen molar-refractivity contribution in [3.05, 3.63) is 0 Å². The molecule has 0 aromatic rings. The van der Waals surface area contributed by atoms with Crippen LogP contribution in [0.1, 0.15) is 128 Å². The van der Waals surface area contributed by atoms with Crippen molar-refractivity contribution in [2.24, 2.45) is 29.1 Å². The number of hydrogen-bond acceptors (Lipinski definition) is 8. The van der Waals surface area contributed by atoms with E-state index in [1.807, 2.05) is 0 Å². The highest BCUT2D eigenvalue weighted by Crippen LogP contribution is 2.31. The summed E-state index contributed by atoms with van der Waals surface area (Å²) in [5, 5.41) is 0. The molecule has 0 aromatic carbocycles. The van der Waals surface area contributed by atoms with Gasteiger partial charge in [-0.3, -0.25) is 19.2 Å². The molecule has 4 fully saturated rings. The SMILES string of the molecule is O=C(OCC(COC(=O)C1CCCCC1)(COC(=O)C1CCCCC1)COC(=O)C1CCCCC1)C1CCCCC1. The summed E-state index contributed by atoms with van der Waals surface area (Å²) in [5.41, 5.74) is -1.15. The zero-order valence-corrected chi connectivity index (χ0v) is 25.0. The number of hydrogen-bond donors (Lipinski definition) is 0. The summed E-state index contributed by atoms with van der Waals surface area (Å²) >= 11 is 0. The largest absolute Gasteiger partial charge is 0.464 e. The molecule has 0 amide bonds. The van der Waals surface area contributed by atoms with Crippen LogP contribution in [-0.2, 0) is 38.1 Å². The normalized spacial score (nSPS) is 22.0. The van der Waals surface area contributed by atoms with Crippen molar-refractivity contribution in [3.63, 3.8) is 0 Å². The van der Waals surface area contributed by atoms with E-state index in [2.05, 4.69) is 0 Å². The molecule has 4 aliphatic rings. The van der Waals surface area contributed by atoms with E-state index in [-0.39, 0.29) is 74.0 Å². The highest BCUT2D eigenvalue weighted by molar-refractivity contribution is 5.74. The Morgan fingerprint density at radius 3 is 0.756 bits per heavy atom. The molecule has 232 valence electrons. The fourth-order valence-electron chi connectivity index (χ4n) is 6.97. The molecule has 0 atom stereocenters. The minimum atomic E-state index is -1.15. The number of carbonyl (C=O) groups excluding carboxylic acids is 4. The highest BCUT2D eigenvalue weighted by atomic mass is 16.6. The van der Waals surface area contributed by atoms with Crippen LogP contribution in [0.15, 0.2) is 0 Å². The predicted molar refractivity (Wildman–Crippen MR) is 153 cm³/mol. The lowest BCUT2D eigenvalue weighted by Crippen LogP contribution is -2.45. The average molecular weight is 577 g/mol. The number of carbonyl (C=O) groups is 4. The van der Waals surface area contributed by atoms with Crippen LogP contribution in [0.2, 0.25) is 0 Å². The Morgan fingerprint density at radius 2 is 0.561 bits per heavy atom. The quantitative estimate of drug-likeness (QED) is 0.192. The molecule has 8 heteroatoms. The topological polar surface area (TPSA) is 105 Å². The predicted octanol–water partition coefficient (Wildman–Crippen LogP) is 6.47. The molecule has 0 bridgehead atoms. The van der Waals surface area contributed by atoms with E-state index in [0.29, 0.717) is 0 Å². The maximum atomic E-state index is 13.1. The van der Waals surface area contributed by atoms with Crippen molar-refractivity contribution in [1.29, 1.82) is 0 Å². The first-order valence-corrected chi connectivity index (χ1v) is 16.6. The first-order chi connectivity index (χ1) is 20.0. The maximum absolute atomic E-state index is 13.1. The zero-order valence-electron chi connectivity index (χ0n) is 25.0. The third kappa shape index (κ3) is 9.99. The Labute approximate surface area is 245 Å². The van der Waals surface area contributed by atoms with E-state index in [0.717, 1.165) is 128 Å². The molecule has 0 saturated heterocycles. The summed E-state index contributed by atoms with van der Waals surface area (Å²) in [5.74, 6) is -1.70. The standard InChI is InChI=1S/C33H52O8/c34-29(25-13-5-1-6-14-25)38-21-33(22-39-30(35)26-15-7-2-8-16-26,23-40-31(36)27-17-9-3-10-18-27)24-41-32(37)28-19-11-4-12-20-28/h25-28H,1-24H2. The van der Waals surface area contributed by atoms with Crippen molar-refractivity contribution in [2.75, 3.05) is 26.4 Å². The third-order valence-electron chi connectivity index (χ3n) is 9.84. The van der Waals surface area contributed by atoms with Crippen LogP contribution < -0.4 is 0 Å². The molecule has 4 aliphatic carbocycles. The molecule has 0 spiro atoms. The molecule has 0 radical (unpaired) electrons. The number of rotatable bonds is 12. The van der Waals surface area contributed by atoms with Crippen LogP contribution in [0.5, 0.6) is 0 Å². The first kappa shape index (κ1) is 31.8. The van der Waals surface area contributed by atoms with Crippen LogP contribution in [0.3, 0.4) is 0 Å². The van der Waals surface area contributed by atoms with Gasteiger partial charge in [0.05, 0.1) is 23.7 Å². The summed E-state index contributed by atoms with van der Waals surface area (Å²) in [6.07, 6.45) is 18.9. The van der Waals surface area contributed by atoms with Gasteiger partial charge in [0, 0.05) is 0 Å². The number of ether oxygens (including phenoxy) is 4. The zero-order chi connectivity index (χ0) is 28.9. The Balaban J connectivity index is 1.47. The molecule has 0 aliphatic heterocycles. The molecular weight excluding hydrogens is 524 g/mol. The van der Waals surface area contributed by atoms with Crippen molar-refractivity contribution in [3.8, 4) is 0 Å². The van der Waals surface area contributed by atoms with Gasteiger partial charge >= 0.3 is 23.9 Å². The molecular formula is C33H52O8. The first-order valence-electron chi connectivity index (χ1n) is 16.6. The Hall–Kier alpha value is -2.12. The molecule has 0 N–H and O–H groups in total. The van der Waals surface area contributed by atoms with Gasteiger partial charge in [-0.25, -0.2) is 0 Å². The summed E-state index contributed by atoms with van der Waals surface area (Å²) in [4.78, 5) is 52.2. The van der Waals surface area contributed by atoms with E-state index in [1.54, 1.807) is 0 Å². The van der Waals surface area contributed by atoms with E-state index in [1.165, 1.54) is 0 Å². The Kier molecular flexibility index (Phi) is 12.8. The summed E-state index contributed by atoms with van der Waals surface area (Å²) in [7, 11) is 0. The lowest BCUT2D eigenvalue weighted by atomic mass is 9.87. The van der Waals surface area contributed by atoms with E-state index in [4.69, 9.17) is 18.9 Å². The van der Waals surface area contributed by atoms with E-state index >= 15 is 0 Å². The maximum Gasteiger partial charge on any atom is 0.308 e. The second-order valence-electron chi connectivity index (χ2n) is 13.3. The summed E-state index contributed by atoms with van der Waals surface area (Å²) < 4.78 is 23.5. The van der Waals surface area contributed by atoms with Crippen molar-refractivity contribution in [1.82, 2.24) is 0 Å². The fourth-order valence-corrected chi connectivity index (χ4v) is 6.97. The molecule has 41 heavy (non-hydrogen) atoms. The molecule has 4 rings (SSSR count). The van der Waals surface area contributed by atoms with Crippen LogP contribution >= 0.6 is 0 Å². The van der Waals surface area contributed by atoms with Gasteiger partial charge < -0.3 is 18.9 Å². The lowest BCUT2D eigenvalue weighted by molar-refractivity contribution is -0.177. The smallest absolute Gasteiger partial charge is 0.308 e. The van der Waals surface area contributed by atoms with Crippen LogP contribution in [0.25, 0.3) is 0 Å². The summed E-state index contributed by atoms with van der Waals surface area (Å²) in [6, 6.07) is 0. The van der Waals surface area contributed by atoms with Gasteiger partial charge in [0.2, 0.25) is 0 Å². The molecule has 8 nitrogen and oxygen atoms in total. The van der Waals surface area contributed by atoms with Gasteiger partial charge in [-0.2, -0.15) is 0 Å². The average Bonchev–Trinajstić information content (AvgIpc) is 3.05. The van der Waals surface area contributed by atoms with Crippen LogP contribution in [0, 0.1) is 29.1 Å². The number of esters is 4. The van der Waals surface area contributed by atoms with Crippen molar-refractivity contribution >= 4 is 23.9 Å². The van der Waals surface area contributed by atoms with Crippen molar-refractivity contribution < 1.29 is 38.1 Å². The van der Waals surface area contributed by atoms with Crippen molar-refractivity contribution in [2.45, 2.75) is 128 Å². The van der Waals surface area contributed by atoms with Gasteiger partial charge in [-0.15, -0.1) is 0 Å². The molecule has 0 heterocycles. The minimum Gasteiger partial charge on any atom is -0.464 e. The minimum absolute atomic E-state index is 0.129. The molecule has 4 saturated carbocycles. The van der Waals surface area contributed by atoms with Gasteiger partial charge in [-0.05, 0) is 51.4 Å². The molecule has 0 aromatic heterocycles. The van der Waals surface area contributed by atoms with Gasteiger partial charge in [-0.1, -0.05) is 77.0 Å². The summed E-state index contributed by atoms with van der Waals surface area (Å²) in [6.45, 7) is -0.515. The van der Waals surface area contributed by atoms with Crippen LogP contribution in [0.4, 0.5) is 0 Å². The second kappa shape index (κ2) is 16.5. The van der Waals surface area contributed by atoms with Crippen LogP contribution in [-0.4, -0.2) is 50.3 Å². The third-order valence-corrected chi connectivity index (χ3v) is 9.84. The van der Waals surface area contributed by atoms with Gasteiger partial charge in [0.1, 0.15) is 31.8 Å². The fraction of sp³-hybridized carbons (Fsp3) is 0.879. The van der Waals surface area contributed by atoms with E-state index < -0.39 is 5.41 Å². The second-order valence-corrected chi connectivity index (χ2v) is 13.3. The highest BCUT2D eigenvalue weighted by Gasteiger charge is 2.41. The van der Waals surface area contributed by atoms with Gasteiger partial charge in [0.15, 0.2) is 0 Å². The lowest BCUT2D eigenvalue weighted by Gasteiger charge is -2.34. The molecule has 0 unspecified atom stereocenters. The Morgan fingerprint density at radius 1 is 0.366 bits per heavy atom. The monoisotopic (exact) mass is 576 g/mol. The van der Waals surface area contributed by atoms with Gasteiger partial charge in [0.25, 0.3) is 0 Å². The Bertz CT molecular complexity index is 704.